The van der Waals surface area contributed by atoms with Gasteiger partial charge in [0.05, 0.1) is 12.8 Å². The number of aromatic nitrogens is 1. The minimum Gasteiger partial charge on any atom is -0.494 e. The van der Waals surface area contributed by atoms with E-state index in [2.05, 4.69) is 0 Å². The van der Waals surface area contributed by atoms with Crippen LogP contribution >= 0.6 is 0 Å². The van der Waals surface area contributed by atoms with Crippen molar-refractivity contribution < 1.29 is 4.74 Å². The van der Waals surface area contributed by atoms with Crippen molar-refractivity contribution in [3.63, 3.8) is 0 Å². The third-order valence-electron chi connectivity index (χ3n) is 2.11. The van der Waals surface area contributed by atoms with Crippen molar-refractivity contribution in [2.45, 2.75) is 0 Å². The van der Waals surface area contributed by atoms with E-state index in [0.717, 1.165) is 11.4 Å². The number of hydrogen-bond acceptors (Lipinski definition) is 2. The maximum absolute atomic E-state index is 5.89. The van der Waals surface area contributed by atoms with Crippen LogP contribution in [0.1, 0.15) is 0 Å². The Balaban J connectivity index is 2.61. The molecule has 0 radical (unpaired) electrons. The first-order chi connectivity index (χ1) is 6.83. The van der Waals surface area contributed by atoms with Crippen molar-refractivity contribution in [1.29, 1.82) is 0 Å². The van der Waals surface area contributed by atoms with Gasteiger partial charge in [-0.3, -0.25) is 0 Å². The van der Waals surface area contributed by atoms with Gasteiger partial charge in [0.15, 0.2) is 0 Å². The predicted octanol–water partition coefficient (Wildman–Crippen LogP) is 2.07. The second-order valence-corrected chi connectivity index (χ2v) is 2.99. The van der Waals surface area contributed by atoms with Gasteiger partial charge in [-0.25, -0.2) is 0 Å². The molecular formula is C11H12N2O. The van der Waals surface area contributed by atoms with E-state index in [0.29, 0.717) is 5.69 Å². The maximum atomic E-state index is 5.89. The van der Waals surface area contributed by atoms with Gasteiger partial charge in [0.2, 0.25) is 0 Å². The van der Waals surface area contributed by atoms with Gasteiger partial charge in [-0.05, 0) is 24.3 Å². The standard InChI is InChI=1S/C11H12N2O/c1-14-10-6-4-5-9(12)11(10)13-7-2-3-8-13/h2-8H,12H2,1H3. The van der Waals surface area contributed by atoms with E-state index in [1.54, 1.807) is 7.11 Å². The topological polar surface area (TPSA) is 40.2 Å². The SMILES string of the molecule is COc1cccc(N)c1-n1cccc1. The van der Waals surface area contributed by atoms with Crippen LogP contribution in [0.4, 0.5) is 5.69 Å². The molecule has 0 bridgehead atoms. The molecule has 2 N–H and O–H groups in total. The van der Waals surface area contributed by atoms with Gasteiger partial charge in [-0.2, -0.15) is 0 Å². The number of ether oxygens (including phenoxy) is 1. The summed E-state index contributed by atoms with van der Waals surface area (Å²) in [6.45, 7) is 0. The summed E-state index contributed by atoms with van der Waals surface area (Å²) in [7, 11) is 1.64. The minimum atomic E-state index is 0.709. The van der Waals surface area contributed by atoms with E-state index in [-0.39, 0.29) is 0 Å². The summed E-state index contributed by atoms with van der Waals surface area (Å²) < 4.78 is 7.19. The molecule has 3 heteroatoms. The highest BCUT2D eigenvalue weighted by atomic mass is 16.5. The molecule has 3 nitrogen and oxygen atoms in total. The largest absolute Gasteiger partial charge is 0.494 e. The van der Waals surface area contributed by atoms with Crippen molar-refractivity contribution >= 4 is 5.69 Å². The van der Waals surface area contributed by atoms with Crippen molar-refractivity contribution in [2.24, 2.45) is 0 Å². The molecule has 0 aliphatic carbocycles. The lowest BCUT2D eigenvalue weighted by atomic mass is 10.2. The van der Waals surface area contributed by atoms with Crippen LogP contribution in [0, 0.1) is 0 Å². The number of nitrogen functional groups attached to an aromatic ring is 1. The minimum absolute atomic E-state index is 0.709. The smallest absolute Gasteiger partial charge is 0.144 e. The number of nitrogens with zero attached hydrogens (tertiary/aromatic N) is 1. The van der Waals surface area contributed by atoms with Gasteiger partial charge in [0.25, 0.3) is 0 Å². The van der Waals surface area contributed by atoms with E-state index < -0.39 is 0 Å². The highest BCUT2D eigenvalue weighted by Crippen LogP contribution is 2.28. The molecule has 14 heavy (non-hydrogen) atoms. The molecule has 0 fully saturated rings. The first-order valence-electron chi connectivity index (χ1n) is 4.39. The van der Waals surface area contributed by atoms with Crippen molar-refractivity contribution in [3.8, 4) is 11.4 Å². The second kappa shape index (κ2) is 3.46. The van der Waals surface area contributed by atoms with Gasteiger partial charge in [-0.1, -0.05) is 6.07 Å². The maximum Gasteiger partial charge on any atom is 0.144 e. The Morgan fingerprint density at radius 2 is 1.86 bits per heavy atom. The second-order valence-electron chi connectivity index (χ2n) is 2.99. The zero-order chi connectivity index (χ0) is 9.97. The Labute approximate surface area is 82.7 Å². The van der Waals surface area contributed by atoms with Crippen LogP contribution in [0.15, 0.2) is 42.7 Å². The lowest BCUT2D eigenvalue weighted by Crippen LogP contribution is -2.00. The predicted molar refractivity (Wildman–Crippen MR) is 56.7 cm³/mol. The molecule has 0 saturated heterocycles. The van der Waals surface area contributed by atoms with E-state index in [9.17, 15) is 0 Å². The van der Waals surface area contributed by atoms with Crippen molar-refractivity contribution in [1.82, 2.24) is 4.57 Å². The molecule has 0 aliphatic heterocycles. The van der Waals surface area contributed by atoms with E-state index >= 15 is 0 Å². The van der Waals surface area contributed by atoms with Gasteiger partial charge in [0.1, 0.15) is 11.4 Å². The Morgan fingerprint density at radius 1 is 1.14 bits per heavy atom. The summed E-state index contributed by atoms with van der Waals surface area (Å²) in [5.74, 6) is 0.779. The first kappa shape index (κ1) is 8.69. The summed E-state index contributed by atoms with van der Waals surface area (Å²) in [4.78, 5) is 0. The normalized spacial score (nSPS) is 10.1. The highest BCUT2D eigenvalue weighted by Gasteiger charge is 2.06. The van der Waals surface area contributed by atoms with Gasteiger partial charge >= 0.3 is 0 Å². The molecule has 0 amide bonds. The Morgan fingerprint density at radius 3 is 2.50 bits per heavy atom. The summed E-state index contributed by atoms with van der Waals surface area (Å²) in [6, 6.07) is 9.53. The third kappa shape index (κ3) is 1.33. The molecule has 0 unspecified atom stereocenters. The molecule has 0 atom stereocenters. The molecule has 1 aromatic carbocycles. The summed E-state index contributed by atoms with van der Waals surface area (Å²) in [5, 5.41) is 0. The van der Waals surface area contributed by atoms with Gasteiger partial charge < -0.3 is 15.0 Å². The zero-order valence-electron chi connectivity index (χ0n) is 7.97. The summed E-state index contributed by atoms with van der Waals surface area (Å²) >= 11 is 0. The van der Waals surface area contributed by atoms with Crippen molar-refractivity contribution in [3.05, 3.63) is 42.7 Å². The fourth-order valence-corrected chi connectivity index (χ4v) is 1.46. The van der Waals surface area contributed by atoms with Crippen LogP contribution in [0.3, 0.4) is 0 Å². The molecule has 0 saturated carbocycles. The van der Waals surface area contributed by atoms with E-state index in [1.165, 1.54) is 0 Å². The molecule has 1 heterocycles. The number of benzene rings is 1. The van der Waals surface area contributed by atoms with Crippen LogP contribution in [-0.4, -0.2) is 11.7 Å². The lowest BCUT2D eigenvalue weighted by molar-refractivity contribution is 0.413. The van der Waals surface area contributed by atoms with Crippen LogP contribution in [0.25, 0.3) is 5.69 Å². The van der Waals surface area contributed by atoms with Crippen LogP contribution < -0.4 is 10.5 Å². The molecule has 72 valence electrons. The number of nitrogens with two attached hydrogens (primary N) is 1. The number of para-hydroxylation sites is 1. The monoisotopic (exact) mass is 188 g/mol. The molecule has 0 spiro atoms. The summed E-state index contributed by atoms with van der Waals surface area (Å²) in [5.41, 5.74) is 7.49. The zero-order valence-corrected chi connectivity index (χ0v) is 7.97. The van der Waals surface area contributed by atoms with Crippen LogP contribution in [0.5, 0.6) is 5.75 Å². The Kier molecular flexibility index (Phi) is 2.14. The molecular weight excluding hydrogens is 176 g/mol. The van der Waals surface area contributed by atoms with E-state index in [4.69, 9.17) is 10.5 Å². The number of methoxy groups -OCH3 is 1. The van der Waals surface area contributed by atoms with Crippen molar-refractivity contribution in [2.75, 3.05) is 12.8 Å². The quantitative estimate of drug-likeness (QED) is 0.733. The van der Waals surface area contributed by atoms with Crippen LogP contribution in [-0.2, 0) is 0 Å². The average Bonchev–Trinajstić information content (AvgIpc) is 2.70. The number of rotatable bonds is 2. The fourth-order valence-electron chi connectivity index (χ4n) is 1.46. The third-order valence-corrected chi connectivity index (χ3v) is 2.11. The molecule has 0 aliphatic rings. The molecule has 2 rings (SSSR count). The molecule has 2 aromatic rings. The van der Waals surface area contributed by atoms with E-state index in [1.807, 2.05) is 47.3 Å². The number of anilines is 1. The fraction of sp³-hybridized carbons (Fsp3) is 0.0909. The lowest BCUT2D eigenvalue weighted by Gasteiger charge is -2.11. The average molecular weight is 188 g/mol. The Hall–Kier alpha value is -1.90. The van der Waals surface area contributed by atoms with Gasteiger partial charge in [-0.15, -0.1) is 0 Å². The van der Waals surface area contributed by atoms with Gasteiger partial charge in [0, 0.05) is 12.4 Å². The Bertz CT molecular complexity index is 421. The first-order valence-corrected chi connectivity index (χ1v) is 4.39. The molecule has 1 aromatic heterocycles. The highest BCUT2D eigenvalue weighted by molar-refractivity contribution is 5.65. The summed E-state index contributed by atoms with van der Waals surface area (Å²) in [6.07, 6.45) is 3.88. The van der Waals surface area contributed by atoms with Crippen LogP contribution in [0.2, 0.25) is 0 Å². The number of hydrogen-bond donors (Lipinski definition) is 1.